The van der Waals surface area contributed by atoms with Crippen molar-refractivity contribution in [1.82, 2.24) is 10.6 Å². The summed E-state index contributed by atoms with van der Waals surface area (Å²) in [6.45, 7) is 2.24. The molecule has 1 saturated heterocycles. The van der Waals surface area contributed by atoms with Crippen molar-refractivity contribution in [2.75, 3.05) is 19.6 Å². The van der Waals surface area contributed by atoms with Gasteiger partial charge in [0, 0.05) is 12.6 Å². The number of halogens is 4. The summed E-state index contributed by atoms with van der Waals surface area (Å²) in [7, 11) is 0. The highest BCUT2D eigenvalue weighted by atomic mass is 19.3. The molecule has 1 heterocycles. The number of piperidine rings is 1. The molecule has 0 aromatic heterocycles. The van der Waals surface area contributed by atoms with Gasteiger partial charge in [-0.15, -0.1) is 0 Å². The molecule has 2 N–H and O–H groups in total. The van der Waals surface area contributed by atoms with Crippen molar-refractivity contribution in [2.45, 2.75) is 38.2 Å². The van der Waals surface area contributed by atoms with Crippen molar-refractivity contribution in [2.24, 2.45) is 5.92 Å². The monoisotopic (exact) mass is 242 g/mol. The Morgan fingerprint density at radius 3 is 2.69 bits per heavy atom. The van der Waals surface area contributed by atoms with E-state index in [0.29, 0.717) is 12.5 Å². The van der Waals surface area contributed by atoms with Gasteiger partial charge in [-0.05, 0) is 25.3 Å². The van der Waals surface area contributed by atoms with E-state index in [1.807, 2.05) is 6.92 Å². The van der Waals surface area contributed by atoms with Crippen molar-refractivity contribution < 1.29 is 17.6 Å². The molecule has 2 nitrogen and oxygen atoms in total. The standard InChI is InChI=1S/C10H18F4N2/c1-7-3-2-4-16-8(7)5-15-6-10(13,14)9(11)12/h7-9,15-16H,2-6H2,1H3. The first-order valence-electron chi connectivity index (χ1n) is 5.53. The van der Waals surface area contributed by atoms with Crippen LogP contribution in [0.15, 0.2) is 0 Å². The first-order valence-corrected chi connectivity index (χ1v) is 5.53. The molecular weight excluding hydrogens is 224 g/mol. The third kappa shape index (κ3) is 3.90. The van der Waals surface area contributed by atoms with Gasteiger partial charge in [-0.25, -0.2) is 8.78 Å². The predicted octanol–water partition coefficient (Wildman–Crippen LogP) is 1.86. The molecule has 2 atom stereocenters. The van der Waals surface area contributed by atoms with Gasteiger partial charge < -0.3 is 10.6 Å². The maximum Gasteiger partial charge on any atom is 0.319 e. The third-order valence-corrected chi connectivity index (χ3v) is 2.97. The summed E-state index contributed by atoms with van der Waals surface area (Å²) in [6, 6.07) is 0.0993. The minimum absolute atomic E-state index is 0.0993. The fraction of sp³-hybridized carbons (Fsp3) is 1.00. The van der Waals surface area contributed by atoms with Crippen LogP contribution < -0.4 is 10.6 Å². The smallest absolute Gasteiger partial charge is 0.312 e. The van der Waals surface area contributed by atoms with E-state index in [-0.39, 0.29) is 6.04 Å². The van der Waals surface area contributed by atoms with Gasteiger partial charge in [0.05, 0.1) is 6.54 Å². The van der Waals surface area contributed by atoms with Crippen molar-refractivity contribution in [1.29, 1.82) is 0 Å². The van der Waals surface area contributed by atoms with Crippen LogP contribution in [-0.4, -0.2) is 38.0 Å². The number of alkyl halides is 4. The number of hydrogen-bond acceptors (Lipinski definition) is 2. The van der Waals surface area contributed by atoms with Gasteiger partial charge in [0.2, 0.25) is 0 Å². The molecule has 0 aromatic carbocycles. The van der Waals surface area contributed by atoms with Crippen molar-refractivity contribution in [3.63, 3.8) is 0 Å². The largest absolute Gasteiger partial charge is 0.319 e. The van der Waals surface area contributed by atoms with E-state index >= 15 is 0 Å². The Bertz CT molecular complexity index is 211. The van der Waals surface area contributed by atoms with Crippen LogP contribution in [0.4, 0.5) is 17.6 Å². The first kappa shape index (κ1) is 13.7. The highest BCUT2D eigenvalue weighted by molar-refractivity contribution is 4.81. The topological polar surface area (TPSA) is 24.1 Å². The number of rotatable bonds is 5. The predicted molar refractivity (Wildman–Crippen MR) is 54.0 cm³/mol. The van der Waals surface area contributed by atoms with Gasteiger partial charge in [0.25, 0.3) is 0 Å². The zero-order valence-electron chi connectivity index (χ0n) is 9.28. The van der Waals surface area contributed by atoms with E-state index in [2.05, 4.69) is 10.6 Å². The summed E-state index contributed by atoms with van der Waals surface area (Å²) in [5.74, 6) is -3.54. The van der Waals surface area contributed by atoms with Gasteiger partial charge in [0.1, 0.15) is 0 Å². The molecule has 0 bridgehead atoms. The van der Waals surface area contributed by atoms with E-state index < -0.39 is 18.9 Å². The molecule has 96 valence electrons. The number of nitrogens with one attached hydrogen (secondary N) is 2. The van der Waals surface area contributed by atoms with Crippen LogP contribution >= 0.6 is 0 Å². The Morgan fingerprint density at radius 2 is 2.12 bits per heavy atom. The number of hydrogen-bond donors (Lipinski definition) is 2. The molecular formula is C10H18F4N2. The quantitative estimate of drug-likeness (QED) is 0.719. The second-order valence-corrected chi connectivity index (χ2v) is 4.37. The maximum atomic E-state index is 12.6. The lowest BCUT2D eigenvalue weighted by molar-refractivity contribution is -0.125. The summed E-state index contributed by atoms with van der Waals surface area (Å²) >= 11 is 0. The van der Waals surface area contributed by atoms with Crippen LogP contribution in [0.5, 0.6) is 0 Å². The first-order chi connectivity index (χ1) is 7.43. The lowest BCUT2D eigenvalue weighted by Gasteiger charge is -2.30. The lowest BCUT2D eigenvalue weighted by atomic mass is 9.93. The molecule has 0 amide bonds. The van der Waals surface area contributed by atoms with Crippen LogP contribution in [-0.2, 0) is 0 Å². The summed E-state index contributed by atoms with van der Waals surface area (Å²) in [5.41, 5.74) is 0. The zero-order chi connectivity index (χ0) is 12.2. The summed E-state index contributed by atoms with van der Waals surface area (Å²) in [5, 5.41) is 5.60. The second-order valence-electron chi connectivity index (χ2n) is 4.37. The van der Waals surface area contributed by atoms with E-state index in [4.69, 9.17) is 0 Å². The van der Waals surface area contributed by atoms with E-state index in [1.54, 1.807) is 0 Å². The molecule has 0 aromatic rings. The Balaban J connectivity index is 2.24. The van der Waals surface area contributed by atoms with Gasteiger partial charge in [-0.1, -0.05) is 6.92 Å². The van der Waals surface area contributed by atoms with E-state index in [9.17, 15) is 17.6 Å². The highest BCUT2D eigenvalue weighted by Crippen LogP contribution is 2.21. The Morgan fingerprint density at radius 1 is 1.44 bits per heavy atom. The molecule has 0 radical (unpaired) electrons. The van der Waals surface area contributed by atoms with Gasteiger partial charge in [-0.3, -0.25) is 0 Å². The van der Waals surface area contributed by atoms with Crippen LogP contribution in [0, 0.1) is 5.92 Å². The van der Waals surface area contributed by atoms with Crippen molar-refractivity contribution in [3.8, 4) is 0 Å². The molecule has 0 spiro atoms. The molecule has 0 aliphatic carbocycles. The average molecular weight is 242 g/mol. The minimum Gasteiger partial charge on any atom is -0.312 e. The molecule has 1 aliphatic rings. The molecule has 1 fully saturated rings. The van der Waals surface area contributed by atoms with Gasteiger partial charge >= 0.3 is 12.3 Å². The van der Waals surface area contributed by atoms with Crippen LogP contribution in [0.2, 0.25) is 0 Å². The lowest BCUT2D eigenvalue weighted by Crippen LogP contribution is -2.49. The Hall–Kier alpha value is -0.360. The normalized spacial score (nSPS) is 27.4. The summed E-state index contributed by atoms with van der Waals surface area (Å²) in [6.07, 6.45) is -1.48. The molecule has 1 rings (SSSR count). The summed E-state index contributed by atoms with van der Waals surface area (Å²) in [4.78, 5) is 0. The Labute approximate surface area is 92.8 Å². The third-order valence-electron chi connectivity index (χ3n) is 2.97. The fourth-order valence-electron chi connectivity index (χ4n) is 1.86. The van der Waals surface area contributed by atoms with Crippen LogP contribution in [0.1, 0.15) is 19.8 Å². The average Bonchev–Trinajstić information content (AvgIpc) is 2.20. The van der Waals surface area contributed by atoms with Crippen molar-refractivity contribution >= 4 is 0 Å². The Kier molecular flexibility index (Phi) is 4.98. The molecule has 1 aliphatic heterocycles. The molecule has 16 heavy (non-hydrogen) atoms. The molecule has 2 unspecified atom stereocenters. The van der Waals surface area contributed by atoms with Crippen LogP contribution in [0.3, 0.4) is 0 Å². The van der Waals surface area contributed by atoms with Crippen molar-refractivity contribution in [3.05, 3.63) is 0 Å². The highest BCUT2D eigenvalue weighted by Gasteiger charge is 2.40. The van der Waals surface area contributed by atoms with Gasteiger partial charge in [0.15, 0.2) is 0 Å². The van der Waals surface area contributed by atoms with E-state index in [1.165, 1.54) is 0 Å². The van der Waals surface area contributed by atoms with Gasteiger partial charge in [-0.2, -0.15) is 8.78 Å². The maximum absolute atomic E-state index is 12.6. The van der Waals surface area contributed by atoms with E-state index in [0.717, 1.165) is 19.4 Å². The fourth-order valence-corrected chi connectivity index (χ4v) is 1.86. The molecule has 6 heteroatoms. The summed E-state index contributed by atoms with van der Waals surface area (Å²) < 4.78 is 48.8. The zero-order valence-corrected chi connectivity index (χ0v) is 9.28. The SMILES string of the molecule is CC1CCCNC1CNCC(F)(F)C(F)F. The second kappa shape index (κ2) is 5.82. The van der Waals surface area contributed by atoms with Crippen LogP contribution in [0.25, 0.3) is 0 Å². The molecule has 0 saturated carbocycles. The minimum atomic E-state index is -3.93.